The Balaban J connectivity index is 3.88. The fourth-order valence-corrected chi connectivity index (χ4v) is 1.69. The van der Waals surface area contributed by atoms with Crippen LogP contribution in [0.2, 0.25) is 0 Å². The van der Waals surface area contributed by atoms with Crippen molar-refractivity contribution in [3.63, 3.8) is 0 Å². The quantitative estimate of drug-likeness (QED) is 0.233. The summed E-state index contributed by atoms with van der Waals surface area (Å²) in [6.07, 6.45) is 10.9. The summed E-state index contributed by atoms with van der Waals surface area (Å²) in [6, 6.07) is 0. The summed E-state index contributed by atoms with van der Waals surface area (Å²) < 4.78 is 10.2. The van der Waals surface area contributed by atoms with E-state index in [0.29, 0.717) is 31.6 Å². The van der Waals surface area contributed by atoms with E-state index in [4.69, 9.17) is 9.47 Å². The Morgan fingerprint density at radius 1 is 0.955 bits per heavy atom. The van der Waals surface area contributed by atoms with Crippen LogP contribution in [0.25, 0.3) is 0 Å². The Labute approximate surface area is 134 Å². The lowest BCUT2D eigenvalue weighted by Crippen LogP contribution is -2.08. The minimum absolute atomic E-state index is 0.199. The fourth-order valence-electron chi connectivity index (χ4n) is 1.69. The number of esters is 2. The van der Waals surface area contributed by atoms with Gasteiger partial charge in [0.05, 0.1) is 19.6 Å². The van der Waals surface area contributed by atoms with Gasteiger partial charge in [0.25, 0.3) is 0 Å². The van der Waals surface area contributed by atoms with Crippen LogP contribution in [0, 0.1) is 0 Å². The van der Waals surface area contributed by atoms with E-state index in [-0.39, 0.29) is 18.4 Å². The third-order valence-corrected chi connectivity index (χ3v) is 3.13. The first-order chi connectivity index (χ1) is 10.7. The smallest absolute Gasteiger partial charge is 0.333 e. The van der Waals surface area contributed by atoms with Crippen molar-refractivity contribution < 1.29 is 19.1 Å². The highest BCUT2D eigenvalue weighted by atomic mass is 16.5. The van der Waals surface area contributed by atoms with Crippen LogP contribution in [-0.2, 0) is 19.1 Å². The molecule has 0 aliphatic carbocycles. The molecule has 0 aliphatic rings. The van der Waals surface area contributed by atoms with Crippen molar-refractivity contribution in [1.29, 1.82) is 0 Å². The molecular weight excluding hydrogens is 280 g/mol. The Kier molecular flexibility index (Phi) is 13.3. The highest BCUT2D eigenvalue weighted by molar-refractivity contribution is 5.88. The topological polar surface area (TPSA) is 52.6 Å². The third-order valence-electron chi connectivity index (χ3n) is 3.13. The van der Waals surface area contributed by atoms with Crippen LogP contribution >= 0.6 is 0 Å². The molecule has 0 atom stereocenters. The molecule has 0 bridgehead atoms. The van der Waals surface area contributed by atoms with Crippen LogP contribution in [0.5, 0.6) is 0 Å². The van der Waals surface area contributed by atoms with E-state index >= 15 is 0 Å². The molecule has 22 heavy (non-hydrogen) atoms. The van der Waals surface area contributed by atoms with Gasteiger partial charge in [0.1, 0.15) is 0 Å². The average molecular weight is 310 g/mol. The maximum atomic E-state index is 11.8. The van der Waals surface area contributed by atoms with Crippen LogP contribution in [0.4, 0.5) is 0 Å². The number of allylic oxidation sites excluding steroid dienone is 2. The third kappa shape index (κ3) is 11.1. The van der Waals surface area contributed by atoms with Crippen LogP contribution in [0.3, 0.4) is 0 Å². The van der Waals surface area contributed by atoms with E-state index in [9.17, 15) is 9.59 Å². The molecule has 0 saturated carbocycles. The Bertz CT molecular complexity index is 369. The van der Waals surface area contributed by atoms with Crippen molar-refractivity contribution in [1.82, 2.24) is 0 Å². The molecule has 0 aromatic carbocycles. The van der Waals surface area contributed by atoms with Crippen LogP contribution in [0.1, 0.15) is 65.7 Å². The van der Waals surface area contributed by atoms with Crippen molar-refractivity contribution in [2.24, 2.45) is 0 Å². The van der Waals surface area contributed by atoms with Gasteiger partial charge >= 0.3 is 11.9 Å². The summed E-state index contributed by atoms with van der Waals surface area (Å²) in [5.41, 5.74) is 0.686. The maximum absolute atomic E-state index is 11.8. The second-order valence-corrected chi connectivity index (χ2v) is 5.09. The first-order valence-corrected chi connectivity index (χ1v) is 8.28. The largest absolute Gasteiger partial charge is 0.465 e. The van der Waals surface area contributed by atoms with Gasteiger partial charge in [-0.25, -0.2) is 4.79 Å². The first kappa shape index (κ1) is 20.4. The van der Waals surface area contributed by atoms with Gasteiger partial charge in [-0.2, -0.15) is 0 Å². The summed E-state index contributed by atoms with van der Waals surface area (Å²) >= 11 is 0. The standard InChI is InChI=1S/C18H30O4/c1-4-7-14-21-17(19)13-11-9-10-12-16(6-3)18(20)22-15-8-5-2/h6,9,11H,4-5,7-8,10,12-15H2,1-3H3/b11-9+,16-6+. The molecule has 0 radical (unpaired) electrons. The molecule has 0 heterocycles. The van der Waals surface area contributed by atoms with Crippen LogP contribution in [-0.4, -0.2) is 25.2 Å². The van der Waals surface area contributed by atoms with Gasteiger partial charge < -0.3 is 9.47 Å². The van der Waals surface area contributed by atoms with E-state index in [1.165, 1.54) is 0 Å². The van der Waals surface area contributed by atoms with Crippen LogP contribution in [0.15, 0.2) is 23.8 Å². The summed E-state index contributed by atoms with van der Waals surface area (Å²) in [4.78, 5) is 23.1. The van der Waals surface area contributed by atoms with Crippen molar-refractivity contribution in [2.75, 3.05) is 13.2 Å². The Morgan fingerprint density at radius 3 is 2.18 bits per heavy atom. The molecule has 0 N–H and O–H groups in total. The maximum Gasteiger partial charge on any atom is 0.333 e. The first-order valence-electron chi connectivity index (χ1n) is 8.28. The molecule has 0 aromatic rings. The minimum Gasteiger partial charge on any atom is -0.465 e. The minimum atomic E-state index is -0.233. The van der Waals surface area contributed by atoms with Crippen molar-refractivity contribution in [2.45, 2.75) is 65.7 Å². The molecular formula is C18H30O4. The highest BCUT2D eigenvalue weighted by Crippen LogP contribution is 2.09. The second kappa shape index (κ2) is 14.4. The molecule has 0 amide bonds. The Morgan fingerprint density at radius 2 is 1.59 bits per heavy atom. The fraction of sp³-hybridized carbons (Fsp3) is 0.667. The van der Waals surface area contributed by atoms with E-state index in [0.717, 1.165) is 25.7 Å². The molecule has 0 saturated heterocycles. The van der Waals surface area contributed by atoms with E-state index in [1.54, 1.807) is 12.2 Å². The summed E-state index contributed by atoms with van der Waals surface area (Å²) in [6.45, 7) is 6.93. The number of rotatable bonds is 12. The normalized spacial score (nSPS) is 11.7. The van der Waals surface area contributed by atoms with Gasteiger partial charge in [-0.1, -0.05) is 44.9 Å². The number of hydrogen-bond acceptors (Lipinski definition) is 4. The van der Waals surface area contributed by atoms with Crippen molar-refractivity contribution in [3.05, 3.63) is 23.8 Å². The molecule has 0 rings (SSSR count). The summed E-state index contributed by atoms with van der Waals surface area (Å²) in [5.74, 6) is -0.432. The van der Waals surface area contributed by atoms with E-state index < -0.39 is 0 Å². The lowest BCUT2D eigenvalue weighted by molar-refractivity contribution is -0.142. The molecule has 0 fully saturated rings. The molecule has 4 nitrogen and oxygen atoms in total. The zero-order valence-electron chi connectivity index (χ0n) is 14.2. The lowest BCUT2D eigenvalue weighted by atomic mass is 10.1. The highest BCUT2D eigenvalue weighted by Gasteiger charge is 2.08. The number of hydrogen-bond donors (Lipinski definition) is 0. The SMILES string of the molecule is C/C=C(\CC/C=C/CC(=O)OCCCC)C(=O)OCCCC. The lowest BCUT2D eigenvalue weighted by Gasteiger charge is -2.06. The zero-order valence-corrected chi connectivity index (χ0v) is 14.2. The zero-order chi connectivity index (χ0) is 16.6. The number of carbonyl (C=O) groups is 2. The second-order valence-electron chi connectivity index (χ2n) is 5.09. The van der Waals surface area contributed by atoms with Gasteiger partial charge in [0.15, 0.2) is 0 Å². The number of carbonyl (C=O) groups excluding carboxylic acids is 2. The molecule has 0 unspecified atom stereocenters. The van der Waals surface area contributed by atoms with Gasteiger partial charge in [0, 0.05) is 5.57 Å². The van der Waals surface area contributed by atoms with E-state index in [1.807, 2.05) is 13.0 Å². The number of ether oxygens (including phenoxy) is 2. The molecule has 4 heteroatoms. The van der Waals surface area contributed by atoms with Gasteiger partial charge in [-0.05, 0) is 32.6 Å². The predicted octanol–water partition coefficient (Wildman–Crippen LogP) is 4.35. The molecule has 0 spiro atoms. The van der Waals surface area contributed by atoms with Gasteiger partial charge in [-0.3, -0.25) is 4.79 Å². The van der Waals surface area contributed by atoms with Crippen LogP contribution < -0.4 is 0 Å². The summed E-state index contributed by atoms with van der Waals surface area (Å²) in [7, 11) is 0. The molecule has 0 aliphatic heterocycles. The number of unbranched alkanes of at least 4 members (excludes halogenated alkanes) is 2. The monoisotopic (exact) mass is 310 g/mol. The van der Waals surface area contributed by atoms with Crippen molar-refractivity contribution in [3.8, 4) is 0 Å². The summed E-state index contributed by atoms with van der Waals surface area (Å²) in [5, 5.41) is 0. The van der Waals surface area contributed by atoms with Crippen molar-refractivity contribution >= 4 is 11.9 Å². The van der Waals surface area contributed by atoms with E-state index in [2.05, 4.69) is 13.8 Å². The predicted molar refractivity (Wildman–Crippen MR) is 88.5 cm³/mol. The van der Waals surface area contributed by atoms with Gasteiger partial charge in [0.2, 0.25) is 0 Å². The average Bonchev–Trinajstić information content (AvgIpc) is 2.51. The van der Waals surface area contributed by atoms with Gasteiger partial charge in [-0.15, -0.1) is 0 Å². The molecule has 0 aromatic heterocycles. The molecule has 126 valence electrons. The Hall–Kier alpha value is -1.58.